The van der Waals surface area contributed by atoms with Crippen LogP contribution < -0.4 is 5.32 Å². The summed E-state index contributed by atoms with van der Waals surface area (Å²) in [5.74, 6) is -1.43. The molecular weight excluding hydrogens is 274 g/mol. The first-order chi connectivity index (χ1) is 8.52. The molecule has 0 saturated heterocycles. The van der Waals surface area contributed by atoms with Gasteiger partial charge < -0.3 is 10.4 Å². The second-order valence-electron chi connectivity index (χ2n) is 3.66. The molecule has 1 heterocycles. The summed E-state index contributed by atoms with van der Waals surface area (Å²) < 4.78 is 0.643. The molecular formula is C12H14ClNO3S. The Morgan fingerprint density at radius 2 is 2.28 bits per heavy atom. The minimum Gasteiger partial charge on any atom is -0.480 e. The maximum atomic E-state index is 11.5. The molecule has 6 heteroatoms. The van der Waals surface area contributed by atoms with Crippen LogP contribution in [0.4, 0.5) is 0 Å². The first kappa shape index (κ1) is 14.7. The Balaban J connectivity index is 2.54. The van der Waals surface area contributed by atoms with Crippen molar-refractivity contribution in [1.82, 2.24) is 5.32 Å². The summed E-state index contributed by atoms with van der Waals surface area (Å²) in [7, 11) is 0. The molecule has 1 aromatic heterocycles. The number of hydrogen-bond acceptors (Lipinski definition) is 3. The van der Waals surface area contributed by atoms with Crippen LogP contribution in [0.3, 0.4) is 0 Å². The Hall–Kier alpha value is -1.33. The number of hydrogen-bond donors (Lipinski definition) is 2. The van der Waals surface area contributed by atoms with Crippen LogP contribution in [0, 0.1) is 0 Å². The highest BCUT2D eigenvalue weighted by Crippen LogP contribution is 2.22. The first-order valence-corrected chi connectivity index (χ1v) is 6.69. The monoisotopic (exact) mass is 287 g/mol. The van der Waals surface area contributed by atoms with Gasteiger partial charge in [0.15, 0.2) is 0 Å². The second-order valence-corrected chi connectivity index (χ2v) is 5.41. The zero-order valence-corrected chi connectivity index (χ0v) is 11.4. The smallest absolute Gasteiger partial charge is 0.326 e. The molecule has 0 bridgehead atoms. The van der Waals surface area contributed by atoms with E-state index in [2.05, 4.69) is 5.32 Å². The highest BCUT2D eigenvalue weighted by atomic mass is 35.5. The van der Waals surface area contributed by atoms with E-state index in [1.165, 1.54) is 17.4 Å². The molecule has 0 spiro atoms. The number of halogens is 1. The summed E-state index contributed by atoms with van der Waals surface area (Å²) in [6, 6.07) is 2.69. The highest BCUT2D eigenvalue weighted by molar-refractivity contribution is 7.17. The fraction of sp³-hybridized carbons (Fsp3) is 0.333. The SMILES string of the molecule is CCC[C@@H](NC(=O)/C=C/c1ccc(Cl)s1)C(=O)O. The van der Waals surface area contributed by atoms with Crippen molar-refractivity contribution in [3.63, 3.8) is 0 Å². The Bertz CT molecular complexity index is 456. The number of carboxylic acid groups (broad SMARTS) is 1. The molecule has 0 aliphatic rings. The fourth-order valence-electron chi connectivity index (χ4n) is 1.34. The van der Waals surface area contributed by atoms with Crippen molar-refractivity contribution in [1.29, 1.82) is 0 Å². The molecule has 1 rings (SSSR count). The lowest BCUT2D eigenvalue weighted by atomic mass is 10.1. The van der Waals surface area contributed by atoms with Crippen molar-refractivity contribution < 1.29 is 14.7 Å². The summed E-state index contributed by atoms with van der Waals surface area (Å²) in [6.07, 6.45) is 4.03. The van der Waals surface area contributed by atoms with E-state index in [1.807, 2.05) is 6.92 Å². The summed E-state index contributed by atoms with van der Waals surface area (Å²) in [6.45, 7) is 1.87. The number of rotatable bonds is 6. The Morgan fingerprint density at radius 3 is 2.78 bits per heavy atom. The molecule has 1 atom stereocenters. The molecule has 0 fully saturated rings. The van der Waals surface area contributed by atoms with E-state index in [0.717, 1.165) is 4.88 Å². The Morgan fingerprint density at radius 1 is 1.56 bits per heavy atom. The van der Waals surface area contributed by atoms with Gasteiger partial charge in [0, 0.05) is 11.0 Å². The molecule has 0 aliphatic carbocycles. The summed E-state index contributed by atoms with van der Waals surface area (Å²) >= 11 is 7.10. The van der Waals surface area contributed by atoms with Gasteiger partial charge in [-0.2, -0.15) is 0 Å². The first-order valence-electron chi connectivity index (χ1n) is 5.49. The lowest BCUT2D eigenvalue weighted by molar-refractivity contribution is -0.141. The third-order valence-electron chi connectivity index (χ3n) is 2.18. The van der Waals surface area contributed by atoms with Crippen LogP contribution in [-0.4, -0.2) is 23.0 Å². The molecule has 98 valence electrons. The van der Waals surface area contributed by atoms with Gasteiger partial charge in [0.25, 0.3) is 0 Å². The number of carboxylic acids is 1. The third-order valence-corrected chi connectivity index (χ3v) is 3.38. The van der Waals surface area contributed by atoms with E-state index in [4.69, 9.17) is 16.7 Å². The van der Waals surface area contributed by atoms with Crippen molar-refractivity contribution in [3.8, 4) is 0 Å². The molecule has 0 aliphatic heterocycles. The number of aliphatic carboxylic acids is 1. The maximum absolute atomic E-state index is 11.5. The summed E-state index contributed by atoms with van der Waals surface area (Å²) in [4.78, 5) is 23.2. The second kappa shape index (κ2) is 7.18. The molecule has 0 saturated carbocycles. The van der Waals surface area contributed by atoms with Gasteiger partial charge in [-0.15, -0.1) is 11.3 Å². The lowest BCUT2D eigenvalue weighted by Gasteiger charge is -2.11. The zero-order chi connectivity index (χ0) is 13.5. The van der Waals surface area contributed by atoms with Crippen LogP contribution in [0.15, 0.2) is 18.2 Å². The Labute approximate surface area is 114 Å². The highest BCUT2D eigenvalue weighted by Gasteiger charge is 2.17. The molecule has 0 aromatic carbocycles. The molecule has 0 radical (unpaired) electrons. The van der Waals surface area contributed by atoms with E-state index in [0.29, 0.717) is 17.2 Å². The zero-order valence-electron chi connectivity index (χ0n) is 9.85. The predicted octanol–water partition coefficient (Wildman–Crippen LogP) is 2.78. The number of carbonyl (C=O) groups excluding carboxylic acids is 1. The van der Waals surface area contributed by atoms with Crippen LogP contribution in [0.5, 0.6) is 0 Å². The maximum Gasteiger partial charge on any atom is 0.326 e. The minimum absolute atomic E-state index is 0.416. The minimum atomic E-state index is -1.02. The summed E-state index contributed by atoms with van der Waals surface area (Å²) in [5.41, 5.74) is 0. The van der Waals surface area contributed by atoms with Gasteiger partial charge in [-0.1, -0.05) is 24.9 Å². The standard InChI is InChI=1S/C12H14ClNO3S/c1-2-3-9(12(16)17)14-11(15)7-5-8-4-6-10(13)18-8/h4-7,9H,2-3H2,1H3,(H,14,15)(H,16,17)/b7-5+/t9-/m1/s1. The Kier molecular flexibility index (Phi) is 5.88. The molecule has 1 amide bonds. The fourth-order valence-corrected chi connectivity index (χ4v) is 2.31. The van der Waals surface area contributed by atoms with Crippen molar-refractivity contribution in [2.75, 3.05) is 0 Å². The van der Waals surface area contributed by atoms with Gasteiger partial charge in [-0.3, -0.25) is 4.79 Å². The predicted molar refractivity (Wildman–Crippen MR) is 72.8 cm³/mol. The lowest BCUT2D eigenvalue weighted by Crippen LogP contribution is -2.39. The molecule has 2 N–H and O–H groups in total. The number of amides is 1. The number of carbonyl (C=O) groups is 2. The molecule has 4 nitrogen and oxygen atoms in total. The average Bonchev–Trinajstić information content (AvgIpc) is 2.72. The molecule has 0 unspecified atom stereocenters. The van der Waals surface area contributed by atoms with Gasteiger partial charge in [-0.05, 0) is 24.6 Å². The van der Waals surface area contributed by atoms with Crippen molar-refractivity contribution in [3.05, 3.63) is 27.4 Å². The van der Waals surface area contributed by atoms with Gasteiger partial charge in [0.05, 0.1) is 4.34 Å². The van der Waals surface area contributed by atoms with Gasteiger partial charge >= 0.3 is 5.97 Å². The topological polar surface area (TPSA) is 66.4 Å². The normalized spacial score (nSPS) is 12.6. The van der Waals surface area contributed by atoms with Crippen LogP contribution in [-0.2, 0) is 9.59 Å². The van der Waals surface area contributed by atoms with Crippen LogP contribution >= 0.6 is 22.9 Å². The van der Waals surface area contributed by atoms with E-state index < -0.39 is 17.9 Å². The van der Waals surface area contributed by atoms with Gasteiger partial charge in [0.2, 0.25) is 5.91 Å². The largest absolute Gasteiger partial charge is 0.480 e. The summed E-state index contributed by atoms with van der Waals surface area (Å²) in [5, 5.41) is 11.3. The van der Waals surface area contributed by atoms with E-state index in [1.54, 1.807) is 18.2 Å². The van der Waals surface area contributed by atoms with Crippen LogP contribution in [0.1, 0.15) is 24.6 Å². The third kappa shape index (κ3) is 4.89. The molecule has 18 heavy (non-hydrogen) atoms. The van der Waals surface area contributed by atoms with Crippen molar-refractivity contribution in [2.45, 2.75) is 25.8 Å². The van der Waals surface area contributed by atoms with E-state index >= 15 is 0 Å². The van der Waals surface area contributed by atoms with Gasteiger partial charge in [0.1, 0.15) is 6.04 Å². The quantitative estimate of drug-likeness (QED) is 0.791. The molecule has 1 aromatic rings. The number of thiophene rings is 1. The number of nitrogens with one attached hydrogen (secondary N) is 1. The van der Waals surface area contributed by atoms with E-state index in [9.17, 15) is 9.59 Å². The van der Waals surface area contributed by atoms with Gasteiger partial charge in [-0.25, -0.2) is 4.79 Å². The average molecular weight is 288 g/mol. The van der Waals surface area contributed by atoms with E-state index in [-0.39, 0.29) is 0 Å². The van der Waals surface area contributed by atoms with Crippen LogP contribution in [0.25, 0.3) is 6.08 Å². The van der Waals surface area contributed by atoms with Crippen molar-refractivity contribution in [2.24, 2.45) is 0 Å². The van der Waals surface area contributed by atoms with Crippen LogP contribution in [0.2, 0.25) is 4.34 Å². The van der Waals surface area contributed by atoms with Crippen molar-refractivity contribution >= 4 is 40.9 Å².